The lowest BCUT2D eigenvalue weighted by molar-refractivity contribution is 0.0923. The predicted octanol–water partition coefficient (Wildman–Crippen LogP) is 6.92. The van der Waals surface area contributed by atoms with Gasteiger partial charge in [-0.15, -0.1) is 0 Å². The number of carbonyl (C=O) groups is 1. The highest BCUT2D eigenvalue weighted by molar-refractivity contribution is 5.92. The first-order chi connectivity index (χ1) is 19.4. The van der Waals surface area contributed by atoms with Crippen LogP contribution in [0.2, 0.25) is 0 Å². The minimum Gasteiger partial charge on any atom is -0.489 e. The van der Waals surface area contributed by atoms with E-state index in [2.05, 4.69) is 60.1 Å². The Hall–Kier alpha value is -5.04. The van der Waals surface area contributed by atoms with Crippen LogP contribution >= 0.6 is 0 Å². The lowest BCUT2D eigenvalue weighted by atomic mass is 10.2. The number of aromatic nitrogens is 1. The van der Waals surface area contributed by atoms with Crippen molar-refractivity contribution in [1.29, 1.82) is 0 Å². The van der Waals surface area contributed by atoms with Gasteiger partial charge in [0.15, 0.2) is 5.76 Å². The van der Waals surface area contributed by atoms with Crippen LogP contribution in [0.3, 0.4) is 0 Å². The van der Waals surface area contributed by atoms with E-state index in [-0.39, 0.29) is 12.4 Å². The van der Waals surface area contributed by atoms with Crippen molar-refractivity contribution in [3.63, 3.8) is 0 Å². The summed E-state index contributed by atoms with van der Waals surface area (Å²) < 4.78 is 19.6. The van der Waals surface area contributed by atoms with Crippen molar-refractivity contribution in [1.82, 2.24) is 9.99 Å². The highest BCUT2D eigenvalue weighted by Gasteiger charge is 2.11. The van der Waals surface area contributed by atoms with Crippen molar-refractivity contribution >= 4 is 12.1 Å². The van der Waals surface area contributed by atoms with Gasteiger partial charge in [-0.25, -0.2) is 5.43 Å². The van der Waals surface area contributed by atoms with Crippen molar-refractivity contribution in [2.45, 2.75) is 34.0 Å². The Kier molecular flexibility index (Phi) is 8.11. The van der Waals surface area contributed by atoms with Crippen LogP contribution in [-0.2, 0) is 13.2 Å². The molecule has 0 fully saturated rings. The number of rotatable bonds is 10. The van der Waals surface area contributed by atoms with Gasteiger partial charge in [-0.3, -0.25) is 4.79 Å². The van der Waals surface area contributed by atoms with Crippen LogP contribution in [0.4, 0.5) is 0 Å². The van der Waals surface area contributed by atoms with Gasteiger partial charge in [0.25, 0.3) is 0 Å². The number of hydrazone groups is 1. The third-order valence-electron chi connectivity index (χ3n) is 6.40. The van der Waals surface area contributed by atoms with Gasteiger partial charge in [-0.05, 0) is 92.6 Å². The van der Waals surface area contributed by atoms with Crippen LogP contribution < -0.4 is 14.9 Å². The standard InChI is InChI=1S/C33H31N3O4/c1-23-7-11-26(12-8-23)21-38-30-6-4-5-27(19-30)20-34-35-33(37)32-18-17-31(40-32)22-39-29-15-13-28(14-16-29)36-24(2)9-10-25(36)3/h4-20H,21-22H2,1-3H3,(H,35,37)/b34-20+. The lowest BCUT2D eigenvalue weighted by Crippen LogP contribution is -2.16. The Balaban J connectivity index is 1.10. The van der Waals surface area contributed by atoms with E-state index in [4.69, 9.17) is 13.9 Å². The molecule has 0 atom stereocenters. The van der Waals surface area contributed by atoms with Gasteiger partial charge in [0.1, 0.15) is 30.5 Å². The van der Waals surface area contributed by atoms with Crippen LogP contribution in [0.1, 0.15) is 44.4 Å². The fraction of sp³-hybridized carbons (Fsp3) is 0.152. The molecule has 0 saturated carbocycles. The van der Waals surface area contributed by atoms with Gasteiger partial charge in [-0.1, -0.05) is 42.0 Å². The molecule has 0 spiro atoms. The highest BCUT2D eigenvalue weighted by atomic mass is 16.5. The van der Waals surface area contributed by atoms with Crippen LogP contribution in [0, 0.1) is 20.8 Å². The van der Waals surface area contributed by atoms with Gasteiger partial charge in [0.05, 0.1) is 6.21 Å². The quantitative estimate of drug-likeness (QED) is 0.156. The summed E-state index contributed by atoms with van der Waals surface area (Å²) in [6, 6.07) is 31.1. The number of ether oxygens (including phenoxy) is 2. The summed E-state index contributed by atoms with van der Waals surface area (Å²) in [5, 5.41) is 4.06. The van der Waals surface area contributed by atoms with E-state index in [1.165, 1.54) is 17.0 Å². The molecule has 0 radical (unpaired) electrons. The summed E-state index contributed by atoms with van der Waals surface area (Å²) in [5.41, 5.74) is 9.02. The fourth-order valence-corrected chi connectivity index (χ4v) is 4.26. The Morgan fingerprint density at radius 3 is 2.30 bits per heavy atom. The Morgan fingerprint density at radius 1 is 0.825 bits per heavy atom. The van der Waals surface area contributed by atoms with E-state index >= 15 is 0 Å². The van der Waals surface area contributed by atoms with Gasteiger partial charge in [0.2, 0.25) is 0 Å². The highest BCUT2D eigenvalue weighted by Crippen LogP contribution is 2.21. The first-order valence-corrected chi connectivity index (χ1v) is 13.0. The lowest BCUT2D eigenvalue weighted by Gasteiger charge is -2.10. The van der Waals surface area contributed by atoms with Crippen molar-refractivity contribution < 1.29 is 18.7 Å². The zero-order valence-electron chi connectivity index (χ0n) is 22.8. The van der Waals surface area contributed by atoms with E-state index in [1.54, 1.807) is 18.3 Å². The maximum Gasteiger partial charge on any atom is 0.307 e. The van der Waals surface area contributed by atoms with Crippen molar-refractivity contribution in [3.05, 3.63) is 137 Å². The van der Waals surface area contributed by atoms with Gasteiger partial charge in [0, 0.05) is 17.1 Å². The molecule has 0 aliphatic rings. The minimum atomic E-state index is -0.448. The van der Waals surface area contributed by atoms with E-state index in [9.17, 15) is 4.79 Å². The zero-order chi connectivity index (χ0) is 27.9. The largest absolute Gasteiger partial charge is 0.489 e. The van der Waals surface area contributed by atoms with Gasteiger partial charge >= 0.3 is 5.91 Å². The first-order valence-electron chi connectivity index (χ1n) is 13.0. The molecule has 0 aliphatic heterocycles. The molecule has 2 heterocycles. The molecule has 5 aromatic rings. The molecule has 40 heavy (non-hydrogen) atoms. The summed E-state index contributed by atoms with van der Waals surface area (Å²) in [6.07, 6.45) is 1.56. The number of benzene rings is 3. The Morgan fingerprint density at radius 2 is 1.55 bits per heavy atom. The van der Waals surface area contributed by atoms with Gasteiger partial charge < -0.3 is 18.5 Å². The summed E-state index contributed by atoms with van der Waals surface area (Å²) in [7, 11) is 0. The summed E-state index contributed by atoms with van der Waals surface area (Å²) in [6.45, 7) is 6.88. The number of aryl methyl sites for hydroxylation is 3. The Bertz CT molecular complexity index is 1590. The van der Waals surface area contributed by atoms with E-state index in [0.29, 0.717) is 18.1 Å². The van der Waals surface area contributed by atoms with E-state index in [0.717, 1.165) is 22.6 Å². The summed E-state index contributed by atoms with van der Waals surface area (Å²) >= 11 is 0. The second-order valence-corrected chi connectivity index (χ2v) is 9.55. The topological polar surface area (TPSA) is 78.0 Å². The minimum absolute atomic E-state index is 0.153. The number of amides is 1. The third kappa shape index (κ3) is 6.69. The molecule has 0 saturated heterocycles. The first kappa shape index (κ1) is 26.6. The molecule has 1 N–H and O–H groups in total. The molecule has 3 aromatic carbocycles. The number of hydrogen-bond donors (Lipinski definition) is 1. The van der Waals surface area contributed by atoms with E-state index < -0.39 is 5.91 Å². The van der Waals surface area contributed by atoms with Crippen molar-refractivity contribution in [2.24, 2.45) is 5.10 Å². The summed E-state index contributed by atoms with van der Waals surface area (Å²) in [4.78, 5) is 12.5. The molecule has 0 bridgehead atoms. The fourth-order valence-electron chi connectivity index (χ4n) is 4.26. The average Bonchev–Trinajstić information content (AvgIpc) is 3.58. The van der Waals surface area contributed by atoms with Gasteiger partial charge in [-0.2, -0.15) is 5.10 Å². The molecule has 7 heteroatoms. The third-order valence-corrected chi connectivity index (χ3v) is 6.40. The zero-order valence-corrected chi connectivity index (χ0v) is 22.8. The molecule has 202 valence electrons. The van der Waals surface area contributed by atoms with E-state index in [1.807, 2.05) is 60.7 Å². The normalized spacial score (nSPS) is 11.1. The smallest absolute Gasteiger partial charge is 0.307 e. The molecule has 2 aromatic heterocycles. The predicted molar refractivity (Wildman–Crippen MR) is 155 cm³/mol. The van der Waals surface area contributed by atoms with Crippen LogP contribution in [0.15, 0.2) is 107 Å². The number of nitrogens with one attached hydrogen (secondary N) is 1. The second kappa shape index (κ2) is 12.2. The molecular weight excluding hydrogens is 502 g/mol. The molecule has 1 amide bonds. The van der Waals surface area contributed by atoms with Crippen LogP contribution in [0.5, 0.6) is 11.5 Å². The van der Waals surface area contributed by atoms with Crippen molar-refractivity contribution in [3.8, 4) is 17.2 Å². The maximum absolute atomic E-state index is 12.5. The molecule has 5 rings (SSSR count). The molecule has 0 unspecified atom stereocenters. The molecule has 7 nitrogen and oxygen atoms in total. The number of nitrogens with zero attached hydrogens (tertiary/aromatic N) is 2. The second-order valence-electron chi connectivity index (χ2n) is 9.55. The van der Waals surface area contributed by atoms with Crippen LogP contribution in [0.25, 0.3) is 5.69 Å². The summed E-state index contributed by atoms with van der Waals surface area (Å²) in [5.74, 6) is 1.67. The average molecular weight is 534 g/mol. The number of furan rings is 1. The number of hydrogen-bond acceptors (Lipinski definition) is 5. The van der Waals surface area contributed by atoms with Crippen LogP contribution in [-0.4, -0.2) is 16.7 Å². The molecule has 0 aliphatic carbocycles. The maximum atomic E-state index is 12.5. The molecular formula is C33H31N3O4. The van der Waals surface area contributed by atoms with Crippen molar-refractivity contribution in [2.75, 3.05) is 0 Å². The monoisotopic (exact) mass is 533 g/mol. The Labute approximate surface area is 233 Å². The SMILES string of the molecule is Cc1ccc(COc2cccc(/C=N/NC(=O)c3ccc(COc4ccc(-n5c(C)ccc5C)cc4)o3)c2)cc1. The number of carbonyl (C=O) groups excluding carboxylic acids is 1.